The lowest BCUT2D eigenvalue weighted by molar-refractivity contribution is -0.141. The molecule has 0 aliphatic carbocycles. The van der Waals surface area contributed by atoms with Crippen LogP contribution in [0.1, 0.15) is 18.9 Å². The van der Waals surface area contributed by atoms with Gasteiger partial charge in [0.05, 0.1) is 0 Å². The number of carboxylic acids is 1. The van der Waals surface area contributed by atoms with Gasteiger partial charge in [0.1, 0.15) is 11.9 Å². The number of benzene rings is 1. The van der Waals surface area contributed by atoms with Gasteiger partial charge in [-0.1, -0.05) is 25.1 Å². The topological polar surface area (TPSA) is 66.4 Å². The molecule has 0 fully saturated rings. The molecule has 1 unspecified atom stereocenters. The van der Waals surface area contributed by atoms with E-state index >= 15 is 0 Å². The molecule has 1 aromatic rings. The maximum Gasteiger partial charge on any atom is 0.326 e. The molecule has 1 aromatic carbocycles. The van der Waals surface area contributed by atoms with Gasteiger partial charge in [0, 0.05) is 12.8 Å². The van der Waals surface area contributed by atoms with Gasteiger partial charge in [-0.15, -0.1) is 0 Å². The highest BCUT2D eigenvalue weighted by atomic mass is 19.1. The summed E-state index contributed by atoms with van der Waals surface area (Å²) < 4.78 is 13.3. The zero-order valence-electron chi connectivity index (χ0n) is 9.44. The highest BCUT2D eigenvalue weighted by molar-refractivity contribution is 5.83. The van der Waals surface area contributed by atoms with Crippen LogP contribution in [0.3, 0.4) is 0 Å². The van der Waals surface area contributed by atoms with Crippen LogP contribution in [0, 0.1) is 5.82 Å². The summed E-state index contributed by atoms with van der Waals surface area (Å²) in [5.74, 6) is -2.01. The van der Waals surface area contributed by atoms with Gasteiger partial charge in [-0.25, -0.2) is 9.18 Å². The number of carbonyl (C=O) groups is 2. The van der Waals surface area contributed by atoms with E-state index in [1.807, 2.05) is 0 Å². The van der Waals surface area contributed by atoms with Crippen LogP contribution in [-0.4, -0.2) is 23.0 Å². The van der Waals surface area contributed by atoms with E-state index in [9.17, 15) is 14.0 Å². The molecule has 4 nitrogen and oxygen atoms in total. The number of carboxylic acid groups (broad SMARTS) is 1. The van der Waals surface area contributed by atoms with Gasteiger partial charge >= 0.3 is 5.97 Å². The second kappa shape index (κ2) is 5.98. The Kier molecular flexibility index (Phi) is 4.63. The molecule has 0 radical (unpaired) electrons. The third kappa shape index (κ3) is 3.86. The minimum Gasteiger partial charge on any atom is -0.480 e. The van der Waals surface area contributed by atoms with E-state index in [1.165, 1.54) is 18.2 Å². The third-order valence-corrected chi connectivity index (χ3v) is 2.34. The van der Waals surface area contributed by atoms with Crippen LogP contribution in [0.15, 0.2) is 24.3 Å². The Bertz CT molecular complexity index is 420. The average Bonchev–Trinajstić information content (AvgIpc) is 2.30. The van der Waals surface area contributed by atoms with Crippen LogP contribution in [-0.2, 0) is 16.0 Å². The molecule has 0 spiro atoms. The maximum absolute atomic E-state index is 13.3. The number of halogens is 1. The molecule has 0 heterocycles. The minimum atomic E-state index is -1.17. The average molecular weight is 239 g/mol. The van der Waals surface area contributed by atoms with Crippen LogP contribution in [0.2, 0.25) is 0 Å². The Morgan fingerprint density at radius 2 is 2.06 bits per heavy atom. The first-order valence-corrected chi connectivity index (χ1v) is 5.30. The summed E-state index contributed by atoms with van der Waals surface area (Å²) in [7, 11) is 0. The largest absolute Gasteiger partial charge is 0.480 e. The van der Waals surface area contributed by atoms with E-state index in [0.717, 1.165) is 0 Å². The van der Waals surface area contributed by atoms with Crippen molar-refractivity contribution in [2.75, 3.05) is 0 Å². The van der Waals surface area contributed by atoms with Crippen LogP contribution in [0.4, 0.5) is 4.39 Å². The summed E-state index contributed by atoms with van der Waals surface area (Å²) in [4.78, 5) is 22.1. The predicted octanol–water partition coefficient (Wildman–Crippen LogP) is 1.35. The third-order valence-electron chi connectivity index (χ3n) is 2.34. The van der Waals surface area contributed by atoms with Crippen LogP contribution < -0.4 is 5.32 Å². The van der Waals surface area contributed by atoms with E-state index < -0.39 is 17.8 Å². The number of hydrogen-bond acceptors (Lipinski definition) is 2. The molecule has 0 saturated carbocycles. The zero-order valence-corrected chi connectivity index (χ0v) is 9.44. The van der Waals surface area contributed by atoms with Crippen molar-refractivity contribution in [2.45, 2.75) is 25.8 Å². The summed E-state index contributed by atoms with van der Waals surface area (Å²) in [6.07, 6.45) is 0.134. The van der Waals surface area contributed by atoms with Gasteiger partial charge < -0.3 is 10.4 Å². The van der Waals surface area contributed by atoms with Gasteiger partial charge in [0.15, 0.2) is 0 Å². The second-order valence-electron chi connectivity index (χ2n) is 3.61. The Hall–Kier alpha value is -1.91. The lowest BCUT2D eigenvalue weighted by atomic mass is 10.1. The van der Waals surface area contributed by atoms with Crippen molar-refractivity contribution >= 4 is 11.9 Å². The van der Waals surface area contributed by atoms with Crippen LogP contribution in [0.5, 0.6) is 0 Å². The monoisotopic (exact) mass is 239 g/mol. The van der Waals surface area contributed by atoms with Crippen molar-refractivity contribution in [1.29, 1.82) is 0 Å². The van der Waals surface area contributed by atoms with Crippen LogP contribution in [0.25, 0.3) is 0 Å². The lowest BCUT2D eigenvalue weighted by Gasteiger charge is -2.14. The first-order valence-electron chi connectivity index (χ1n) is 5.30. The number of carbonyl (C=O) groups excluding carboxylic acids is 1. The fraction of sp³-hybridized carbons (Fsp3) is 0.333. The van der Waals surface area contributed by atoms with Crippen molar-refractivity contribution in [1.82, 2.24) is 5.32 Å². The normalized spacial score (nSPS) is 11.9. The lowest BCUT2D eigenvalue weighted by Crippen LogP contribution is -2.42. The van der Waals surface area contributed by atoms with Crippen molar-refractivity contribution in [3.8, 4) is 0 Å². The SMILES string of the molecule is CCC(=O)NC(Cc1ccccc1F)C(=O)O. The summed E-state index contributed by atoms with van der Waals surface area (Å²) >= 11 is 0. The number of amides is 1. The zero-order chi connectivity index (χ0) is 12.8. The molecule has 5 heteroatoms. The number of hydrogen-bond donors (Lipinski definition) is 2. The highest BCUT2D eigenvalue weighted by Crippen LogP contribution is 2.09. The molecule has 0 aliphatic heterocycles. The Morgan fingerprint density at radius 3 is 2.59 bits per heavy atom. The van der Waals surface area contributed by atoms with Crippen molar-refractivity contribution in [3.05, 3.63) is 35.6 Å². The van der Waals surface area contributed by atoms with E-state index in [4.69, 9.17) is 5.11 Å². The summed E-state index contributed by atoms with van der Waals surface area (Å²) in [6.45, 7) is 1.62. The first kappa shape index (κ1) is 13.2. The fourth-order valence-electron chi connectivity index (χ4n) is 1.38. The molecule has 0 aliphatic rings. The van der Waals surface area contributed by atoms with Gasteiger partial charge in [0.2, 0.25) is 5.91 Å². The molecule has 2 N–H and O–H groups in total. The summed E-state index contributed by atoms with van der Waals surface area (Å²) in [5.41, 5.74) is 0.274. The van der Waals surface area contributed by atoms with Gasteiger partial charge in [0.25, 0.3) is 0 Å². The highest BCUT2D eigenvalue weighted by Gasteiger charge is 2.20. The van der Waals surface area contributed by atoms with Gasteiger partial charge in [-0.3, -0.25) is 4.79 Å². The summed E-state index contributed by atoms with van der Waals surface area (Å²) in [6, 6.07) is 4.82. The van der Waals surface area contributed by atoms with E-state index in [-0.39, 0.29) is 24.3 Å². The Balaban J connectivity index is 2.77. The predicted molar refractivity (Wildman–Crippen MR) is 60.0 cm³/mol. The fourth-order valence-corrected chi connectivity index (χ4v) is 1.38. The maximum atomic E-state index is 13.3. The molecule has 1 atom stereocenters. The molecule has 1 rings (SSSR count). The Labute approximate surface area is 98.5 Å². The van der Waals surface area contributed by atoms with Crippen molar-refractivity contribution < 1.29 is 19.1 Å². The number of aliphatic carboxylic acids is 1. The quantitative estimate of drug-likeness (QED) is 0.815. The van der Waals surface area contributed by atoms with E-state index in [0.29, 0.717) is 0 Å². The van der Waals surface area contributed by atoms with Crippen molar-refractivity contribution in [2.24, 2.45) is 0 Å². The molecular formula is C12H14FNO3. The number of rotatable bonds is 5. The Morgan fingerprint density at radius 1 is 1.41 bits per heavy atom. The smallest absolute Gasteiger partial charge is 0.326 e. The van der Waals surface area contributed by atoms with E-state index in [2.05, 4.69) is 5.32 Å². The molecule has 0 saturated heterocycles. The summed E-state index contributed by atoms with van der Waals surface area (Å²) in [5, 5.41) is 11.3. The molecule has 0 aromatic heterocycles. The standard InChI is InChI=1S/C12H14FNO3/c1-2-11(15)14-10(12(16)17)7-8-5-3-4-6-9(8)13/h3-6,10H,2,7H2,1H3,(H,14,15)(H,16,17). The number of nitrogens with one attached hydrogen (secondary N) is 1. The first-order chi connectivity index (χ1) is 8.04. The molecule has 17 heavy (non-hydrogen) atoms. The molecule has 1 amide bonds. The van der Waals surface area contributed by atoms with Crippen molar-refractivity contribution in [3.63, 3.8) is 0 Å². The molecule has 92 valence electrons. The van der Waals surface area contributed by atoms with Crippen LogP contribution >= 0.6 is 0 Å². The molecule has 0 bridgehead atoms. The second-order valence-corrected chi connectivity index (χ2v) is 3.61. The van der Waals surface area contributed by atoms with Gasteiger partial charge in [-0.05, 0) is 11.6 Å². The molecular weight excluding hydrogens is 225 g/mol. The van der Waals surface area contributed by atoms with Gasteiger partial charge in [-0.2, -0.15) is 0 Å². The minimum absolute atomic E-state index is 0.0618. The van der Waals surface area contributed by atoms with E-state index in [1.54, 1.807) is 13.0 Å².